The lowest BCUT2D eigenvalue weighted by Crippen LogP contribution is -2.30. The second-order valence-corrected chi connectivity index (χ2v) is 6.97. The lowest BCUT2D eigenvalue weighted by atomic mass is 10.2. The zero-order valence-electron chi connectivity index (χ0n) is 16.0. The molecule has 1 aromatic carbocycles. The highest BCUT2D eigenvalue weighted by Gasteiger charge is 2.19. The molecule has 2 aromatic rings. The van der Waals surface area contributed by atoms with Gasteiger partial charge >= 0.3 is 5.97 Å². The van der Waals surface area contributed by atoms with E-state index in [1.54, 1.807) is 34.8 Å². The highest BCUT2D eigenvalue weighted by atomic mass is 32.2. The van der Waals surface area contributed by atoms with Gasteiger partial charge < -0.3 is 10.1 Å². The molecule has 7 heteroatoms. The van der Waals surface area contributed by atoms with E-state index in [9.17, 15) is 9.59 Å². The predicted octanol–water partition coefficient (Wildman–Crippen LogP) is 4.16. The van der Waals surface area contributed by atoms with Crippen molar-refractivity contribution in [3.8, 4) is 0 Å². The molecule has 6 nitrogen and oxygen atoms in total. The molecule has 0 fully saturated rings. The van der Waals surface area contributed by atoms with Gasteiger partial charge in [0.1, 0.15) is 5.82 Å². The molecule has 0 saturated carbocycles. The lowest BCUT2D eigenvalue weighted by molar-refractivity contribution is -0.148. The second-order valence-electron chi connectivity index (χ2n) is 6.09. The number of aromatic nitrogens is 2. The van der Waals surface area contributed by atoms with Crippen LogP contribution in [0.15, 0.2) is 47.5 Å². The van der Waals surface area contributed by atoms with Crippen molar-refractivity contribution < 1.29 is 14.3 Å². The van der Waals surface area contributed by atoms with E-state index in [-0.39, 0.29) is 6.04 Å². The summed E-state index contributed by atoms with van der Waals surface area (Å²) in [5.74, 6) is -0.380. The van der Waals surface area contributed by atoms with Crippen molar-refractivity contribution in [2.75, 3.05) is 11.6 Å². The first-order chi connectivity index (χ1) is 12.9. The van der Waals surface area contributed by atoms with E-state index in [1.807, 2.05) is 44.4 Å². The van der Waals surface area contributed by atoms with E-state index in [0.717, 1.165) is 16.9 Å². The number of anilines is 1. The van der Waals surface area contributed by atoms with Crippen LogP contribution in [0, 0.1) is 0 Å². The number of benzene rings is 1. The molecule has 0 unspecified atom stereocenters. The van der Waals surface area contributed by atoms with Crippen LogP contribution in [0.2, 0.25) is 0 Å². The summed E-state index contributed by atoms with van der Waals surface area (Å²) in [4.78, 5) is 25.4. The number of nitrogens with one attached hydrogen (secondary N) is 1. The van der Waals surface area contributed by atoms with E-state index >= 15 is 0 Å². The molecule has 0 spiro atoms. The van der Waals surface area contributed by atoms with Gasteiger partial charge in [0.25, 0.3) is 5.91 Å². The van der Waals surface area contributed by atoms with Gasteiger partial charge in [0.15, 0.2) is 6.10 Å². The first-order valence-corrected chi connectivity index (χ1v) is 10.0. The van der Waals surface area contributed by atoms with Gasteiger partial charge in [0, 0.05) is 17.0 Å². The Kier molecular flexibility index (Phi) is 7.67. The SMILES string of the molecule is CC[C@@H](C)n1nccc1NC(=O)[C@@H](C)OC(=O)/C=C/c1ccc(SC)cc1. The Balaban J connectivity index is 1.90. The first-order valence-electron chi connectivity index (χ1n) is 8.81. The fraction of sp³-hybridized carbons (Fsp3) is 0.350. The van der Waals surface area contributed by atoms with Crippen molar-refractivity contribution >= 4 is 35.5 Å². The van der Waals surface area contributed by atoms with Gasteiger partial charge in [0.2, 0.25) is 0 Å². The van der Waals surface area contributed by atoms with Crippen LogP contribution in [0.1, 0.15) is 38.8 Å². The van der Waals surface area contributed by atoms with Gasteiger partial charge in [-0.1, -0.05) is 19.1 Å². The largest absolute Gasteiger partial charge is 0.449 e. The highest BCUT2D eigenvalue weighted by molar-refractivity contribution is 7.98. The lowest BCUT2D eigenvalue weighted by Gasteiger charge is -2.16. The summed E-state index contributed by atoms with van der Waals surface area (Å²) in [5, 5.41) is 6.97. The van der Waals surface area contributed by atoms with Gasteiger partial charge in [-0.3, -0.25) is 4.79 Å². The summed E-state index contributed by atoms with van der Waals surface area (Å²) in [6, 6.07) is 9.67. The second kappa shape index (κ2) is 9.97. The molecule has 0 aliphatic rings. The Morgan fingerprint density at radius 1 is 1.26 bits per heavy atom. The van der Waals surface area contributed by atoms with Crippen molar-refractivity contribution in [2.24, 2.45) is 0 Å². The van der Waals surface area contributed by atoms with Gasteiger partial charge in [-0.15, -0.1) is 11.8 Å². The summed E-state index contributed by atoms with van der Waals surface area (Å²) < 4.78 is 6.92. The molecule has 1 aromatic heterocycles. The fourth-order valence-corrected chi connectivity index (χ4v) is 2.72. The molecule has 0 saturated heterocycles. The third-order valence-electron chi connectivity index (χ3n) is 4.12. The number of rotatable bonds is 8. The maximum atomic E-state index is 12.3. The van der Waals surface area contributed by atoms with Crippen molar-refractivity contribution in [3.63, 3.8) is 0 Å². The number of esters is 1. The monoisotopic (exact) mass is 387 g/mol. The maximum Gasteiger partial charge on any atom is 0.331 e. The predicted molar refractivity (Wildman–Crippen MR) is 109 cm³/mol. The molecule has 144 valence electrons. The third kappa shape index (κ3) is 5.99. The quantitative estimate of drug-likeness (QED) is 0.418. The average molecular weight is 388 g/mol. The van der Waals surface area contributed by atoms with Crippen LogP contribution >= 0.6 is 11.8 Å². The van der Waals surface area contributed by atoms with Crippen LogP contribution in [0.3, 0.4) is 0 Å². The molecule has 0 aliphatic carbocycles. The Hall–Kier alpha value is -2.54. The van der Waals surface area contributed by atoms with Crippen molar-refractivity contribution in [1.29, 1.82) is 0 Å². The molecular formula is C20H25N3O3S. The minimum atomic E-state index is -0.915. The van der Waals surface area contributed by atoms with E-state index in [1.165, 1.54) is 13.0 Å². The van der Waals surface area contributed by atoms with Crippen molar-refractivity contribution in [3.05, 3.63) is 48.2 Å². The van der Waals surface area contributed by atoms with E-state index in [0.29, 0.717) is 5.82 Å². The molecule has 0 bridgehead atoms. The number of nitrogens with zero attached hydrogens (tertiary/aromatic N) is 2. The van der Waals surface area contributed by atoms with Crippen molar-refractivity contribution in [1.82, 2.24) is 9.78 Å². The summed E-state index contributed by atoms with van der Waals surface area (Å²) in [5.41, 5.74) is 0.888. The summed E-state index contributed by atoms with van der Waals surface area (Å²) in [6.07, 6.45) is 6.59. The molecular weight excluding hydrogens is 362 g/mol. The molecule has 2 atom stereocenters. The number of amides is 1. The number of hydrogen-bond donors (Lipinski definition) is 1. The van der Waals surface area contributed by atoms with Crippen LogP contribution in [-0.2, 0) is 14.3 Å². The van der Waals surface area contributed by atoms with Gasteiger partial charge in [0.05, 0.1) is 12.2 Å². The van der Waals surface area contributed by atoms with E-state index < -0.39 is 18.0 Å². The Labute approximate surface area is 164 Å². The molecule has 2 rings (SSSR count). The summed E-state index contributed by atoms with van der Waals surface area (Å²) in [7, 11) is 0. The minimum absolute atomic E-state index is 0.161. The van der Waals surface area contributed by atoms with Gasteiger partial charge in [-0.2, -0.15) is 5.10 Å². The summed E-state index contributed by atoms with van der Waals surface area (Å²) in [6.45, 7) is 5.60. The number of carbonyl (C=O) groups is 2. The topological polar surface area (TPSA) is 73.2 Å². The third-order valence-corrected chi connectivity index (χ3v) is 4.86. The number of thioether (sulfide) groups is 1. The maximum absolute atomic E-state index is 12.3. The molecule has 27 heavy (non-hydrogen) atoms. The highest BCUT2D eigenvalue weighted by Crippen LogP contribution is 2.17. The van der Waals surface area contributed by atoms with Gasteiger partial charge in [-0.05, 0) is 50.3 Å². The number of hydrogen-bond acceptors (Lipinski definition) is 5. The van der Waals surface area contributed by atoms with Gasteiger partial charge in [-0.25, -0.2) is 9.48 Å². The van der Waals surface area contributed by atoms with Crippen LogP contribution in [0.25, 0.3) is 6.08 Å². The summed E-state index contributed by atoms with van der Waals surface area (Å²) >= 11 is 1.65. The molecule has 0 radical (unpaired) electrons. The number of ether oxygens (including phenoxy) is 1. The van der Waals surface area contributed by atoms with Crippen LogP contribution < -0.4 is 5.32 Å². The average Bonchev–Trinajstić information content (AvgIpc) is 3.14. The normalized spacial score (nSPS) is 13.3. The standard InChI is InChI=1S/C20H25N3O3S/c1-5-14(2)23-18(12-13-21-23)22-20(25)15(3)26-19(24)11-8-16-6-9-17(27-4)10-7-16/h6-15H,5H2,1-4H3,(H,22,25)/b11-8+/t14-,15-/m1/s1. The smallest absolute Gasteiger partial charge is 0.331 e. The number of carbonyl (C=O) groups excluding carboxylic acids is 2. The zero-order valence-corrected chi connectivity index (χ0v) is 16.8. The van der Waals surface area contributed by atoms with Crippen molar-refractivity contribution in [2.45, 2.75) is 44.2 Å². The molecule has 0 aliphatic heterocycles. The Bertz CT molecular complexity index is 799. The zero-order chi connectivity index (χ0) is 19.8. The molecule has 1 heterocycles. The van der Waals surface area contributed by atoms with Crippen LogP contribution in [0.5, 0.6) is 0 Å². The minimum Gasteiger partial charge on any atom is -0.449 e. The molecule has 1 N–H and O–H groups in total. The van der Waals surface area contributed by atoms with Crippen LogP contribution in [-0.4, -0.2) is 34.0 Å². The van der Waals surface area contributed by atoms with E-state index in [2.05, 4.69) is 10.4 Å². The first kappa shape index (κ1) is 20.8. The Morgan fingerprint density at radius 2 is 1.96 bits per heavy atom. The Morgan fingerprint density at radius 3 is 2.59 bits per heavy atom. The van der Waals surface area contributed by atoms with Crippen LogP contribution in [0.4, 0.5) is 5.82 Å². The van der Waals surface area contributed by atoms with E-state index in [4.69, 9.17) is 4.74 Å². The fourth-order valence-electron chi connectivity index (χ4n) is 2.31. The molecule has 1 amide bonds.